The van der Waals surface area contributed by atoms with Gasteiger partial charge in [-0.1, -0.05) is 19.4 Å². The molecule has 2 nitrogen and oxygen atoms in total. The van der Waals surface area contributed by atoms with Crippen molar-refractivity contribution in [1.29, 1.82) is 0 Å². The van der Waals surface area contributed by atoms with Gasteiger partial charge < -0.3 is 4.74 Å². The van der Waals surface area contributed by atoms with E-state index in [0.29, 0.717) is 12.8 Å². The van der Waals surface area contributed by atoms with Crippen LogP contribution in [-0.4, -0.2) is 19.0 Å². The Kier molecular flexibility index (Phi) is 4.75. The number of aryl methyl sites for hydroxylation is 1. The van der Waals surface area contributed by atoms with Crippen LogP contribution in [0.25, 0.3) is 0 Å². The maximum Gasteiger partial charge on any atom is 0.197 e. The fraction of sp³-hybridized carbons (Fsp3) is 0.462. The molecule has 0 bridgehead atoms. The van der Waals surface area contributed by atoms with Crippen LogP contribution in [0.3, 0.4) is 0 Å². The van der Waals surface area contributed by atoms with Crippen molar-refractivity contribution in [3.8, 4) is 0 Å². The lowest BCUT2D eigenvalue weighted by atomic mass is 10.00. The van der Waals surface area contributed by atoms with Gasteiger partial charge >= 0.3 is 0 Å². The number of carbonyl (C=O) groups excluding carboxylic acids is 1. The van der Waals surface area contributed by atoms with E-state index in [1.807, 2.05) is 6.92 Å². The van der Waals surface area contributed by atoms with Crippen molar-refractivity contribution in [3.05, 3.63) is 34.9 Å². The summed E-state index contributed by atoms with van der Waals surface area (Å²) in [6, 6.07) is 2.41. The predicted molar refractivity (Wildman–Crippen MR) is 61.1 cm³/mol. The predicted octanol–water partition coefficient (Wildman–Crippen LogP) is 3.27. The van der Waals surface area contributed by atoms with Crippen molar-refractivity contribution in [1.82, 2.24) is 0 Å². The molecule has 0 aliphatic heterocycles. The summed E-state index contributed by atoms with van der Waals surface area (Å²) >= 11 is 0. The monoisotopic (exact) mass is 242 g/mol. The zero-order valence-electron chi connectivity index (χ0n) is 10.2. The SMILES string of the molecule is CCCC(OC)C(=O)c1c(F)ccc(C)c1F. The third kappa shape index (κ3) is 2.88. The molecule has 1 aromatic carbocycles. The van der Waals surface area contributed by atoms with Crippen molar-refractivity contribution in [2.75, 3.05) is 7.11 Å². The summed E-state index contributed by atoms with van der Waals surface area (Å²) in [5, 5.41) is 0. The number of rotatable bonds is 5. The van der Waals surface area contributed by atoms with E-state index in [9.17, 15) is 13.6 Å². The first-order chi connectivity index (χ1) is 8.02. The molecule has 1 aromatic rings. The molecule has 0 amide bonds. The van der Waals surface area contributed by atoms with Gasteiger partial charge in [0.2, 0.25) is 0 Å². The summed E-state index contributed by atoms with van der Waals surface area (Å²) in [6.45, 7) is 3.37. The minimum absolute atomic E-state index is 0.251. The molecule has 1 atom stereocenters. The van der Waals surface area contributed by atoms with Gasteiger partial charge in [0.1, 0.15) is 17.7 Å². The molecule has 0 heterocycles. The molecule has 17 heavy (non-hydrogen) atoms. The normalized spacial score (nSPS) is 12.5. The average molecular weight is 242 g/mol. The average Bonchev–Trinajstić information content (AvgIpc) is 2.31. The Morgan fingerprint density at radius 2 is 2.06 bits per heavy atom. The molecule has 4 heteroatoms. The second-order valence-corrected chi connectivity index (χ2v) is 3.93. The summed E-state index contributed by atoms with van der Waals surface area (Å²) in [4.78, 5) is 12.0. The summed E-state index contributed by atoms with van der Waals surface area (Å²) in [5.74, 6) is -2.27. The highest BCUT2D eigenvalue weighted by atomic mass is 19.1. The van der Waals surface area contributed by atoms with Gasteiger partial charge in [0.15, 0.2) is 5.78 Å². The number of ketones is 1. The lowest BCUT2D eigenvalue weighted by molar-refractivity contribution is 0.0570. The third-order valence-electron chi connectivity index (χ3n) is 2.66. The van der Waals surface area contributed by atoms with E-state index < -0.39 is 29.1 Å². The summed E-state index contributed by atoms with van der Waals surface area (Å²) in [6.07, 6.45) is 0.368. The second kappa shape index (κ2) is 5.87. The zero-order chi connectivity index (χ0) is 13.0. The van der Waals surface area contributed by atoms with Crippen LogP contribution >= 0.6 is 0 Å². The van der Waals surface area contributed by atoms with Crippen LogP contribution in [-0.2, 0) is 4.74 Å². The number of ether oxygens (including phenoxy) is 1. The molecule has 0 spiro atoms. The highest BCUT2D eigenvalue weighted by Gasteiger charge is 2.25. The van der Waals surface area contributed by atoms with E-state index in [4.69, 9.17) is 4.74 Å². The maximum atomic E-state index is 13.7. The summed E-state index contributed by atoms with van der Waals surface area (Å²) in [7, 11) is 1.36. The summed E-state index contributed by atoms with van der Waals surface area (Å²) < 4.78 is 32.2. The highest BCUT2D eigenvalue weighted by molar-refractivity contribution is 6.00. The van der Waals surface area contributed by atoms with E-state index in [-0.39, 0.29) is 5.56 Å². The Balaban J connectivity index is 3.15. The number of hydrogen-bond donors (Lipinski definition) is 0. The van der Waals surface area contributed by atoms with Crippen LogP contribution in [0.2, 0.25) is 0 Å². The lowest BCUT2D eigenvalue weighted by Gasteiger charge is -2.14. The van der Waals surface area contributed by atoms with Crippen molar-refractivity contribution < 1.29 is 18.3 Å². The molecular weight excluding hydrogens is 226 g/mol. The number of halogens is 2. The van der Waals surface area contributed by atoms with Crippen LogP contribution in [0.4, 0.5) is 8.78 Å². The molecule has 0 aromatic heterocycles. The van der Waals surface area contributed by atoms with E-state index in [1.165, 1.54) is 20.1 Å². The van der Waals surface area contributed by atoms with Crippen LogP contribution in [0.1, 0.15) is 35.7 Å². The van der Waals surface area contributed by atoms with Crippen molar-refractivity contribution in [2.45, 2.75) is 32.8 Å². The first-order valence-electron chi connectivity index (χ1n) is 5.54. The van der Waals surface area contributed by atoms with Gasteiger partial charge in [0, 0.05) is 7.11 Å². The number of carbonyl (C=O) groups is 1. The Labute approximate surface area is 99.6 Å². The largest absolute Gasteiger partial charge is 0.373 e. The zero-order valence-corrected chi connectivity index (χ0v) is 10.2. The van der Waals surface area contributed by atoms with Gasteiger partial charge in [-0.3, -0.25) is 4.79 Å². The van der Waals surface area contributed by atoms with Crippen molar-refractivity contribution in [3.63, 3.8) is 0 Å². The van der Waals surface area contributed by atoms with Gasteiger partial charge in [-0.15, -0.1) is 0 Å². The topological polar surface area (TPSA) is 26.3 Å². The fourth-order valence-corrected chi connectivity index (χ4v) is 1.66. The van der Waals surface area contributed by atoms with Crippen molar-refractivity contribution in [2.24, 2.45) is 0 Å². The van der Waals surface area contributed by atoms with Crippen molar-refractivity contribution >= 4 is 5.78 Å². The number of hydrogen-bond acceptors (Lipinski definition) is 2. The molecule has 94 valence electrons. The number of Topliss-reactive ketones (excluding diaryl/α,β-unsaturated/α-hetero) is 1. The maximum absolute atomic E-state index is 13.7. The second-order valence-electron chi connectivity index (χ2n) is 3.93. The Hall–Kier alpha value is -1.29. The van der Waals surface area contributed by atoms with Gasteiger partial charge in [0.05, 0.1) is 5.56 Å². The van der Waals surface area contributed by atoms with E-state index >= 15 is 0 Å². The van der Waals surface area contributed by atoms with Crippen LogP contribution < -0.4 is 0 Å². The third-order valence-corrected chi connectivity index (χ3v) is 2.66. The fourth-order valence-electron chi connectivity index (χ4n) is 1.66. The highest BCUT2D eigenvalue weighted by Crippen LogP contribution is 2.20. The summed E-state index contributed by atoms with van der Waals surface area (Å²) in [5.41, 5.74) is -0.244. The smallest absolute Gasteiger partial charge is 0.197 e. The molecule has 0 radical (unpaired) electrons. The number of methoxy groups -OCH3 is 1. The van der Waals surface area contributed by atoms with Gasteiger partial charge in [0.25, 0.3) is 0 Å². The van der Waals surface area contributed by atoms with Gasteiger partial charge in [-0.05, 0) is 25.0 Å². The molecule has 0 aliphatic rings. The lowest BCUT2D eigenvalue weighted by Crippen LogP contribution is -2.25. The molecular formula is C13H16F2O2. The van der Waals surface area contributed by atoms with Crippen LogP contribution in [0, 0.1) is 18.6 Å². The minimum atomic E-state index is -0.837. The molecule has 1 unspecified atom stereocenters. The number of benzene rings is 1. The Morgan fingerprint density at radius 3 is 2.59 bits per heavy atom. The molecule has 0 saturated carbocycles. The molecule has 1 rings (SSSR count). The first-order valence-corrected chi connectivity index (χ1v) is 5.54. The molecule has 0 aliphatic carbocycles. The van der Waals surface area contributed by atoms with E-state index in [0.717, 1.165) is 6.07 Å². The van der Waals surface area contributed by atoms with Gasteiger partial charge in [-0.2, -0.15) is 0 Å². The Morgan fingerprint density at radius 1 is 1.41 bits per heavy atom. The van der Waals surface area contributed by atoms with Crippen LogP contribution in [0.15, 0.2) is 12.1 Å². The van der Waals surface area contributed by atoms with Gasteiger partial charge in [-0.25, -0.2) is 8.78 Å². The minimum Gasteiger partial charge on any atom is -0.373 e. The van der Waals surface area contributed by atoms with E-state index in [1.54, 1.807) is 0 Å². The Bertz CT molecular complexity index is 416. The quantitative estimate of drug-likeness (QED) is 0.741. The standard InChI is InChI=1S/C13H16F2O2/c1-4-5-10(17-3)13(16)11-9(14)7-6-8(2)12(11)15/h6-7,10H,4-5H2,1-3H3. The molecule has 0 saturated heterocycles. The van der Waals surface area contributed by atoms with Crippen LogP contribution in [0.5, 0.6) is 0 Å². The molecule has 0 N–H and O–H groups in total. The molecule has 0 fully saturated rings. The first kappa shape index (κ1) is 13.8. The van der Waals surface area contributed by atoms with E-state index in [2.05, 4.69) is 0 Å².